The Morgan fingerprint density at radius 2 is 2.05 bits per heavy atom. The predicted molar refractivity (Wildman–Crippen MR) is 73.4 cm³/mol. The summed E-state index contributed by atoms with van der Waals surface area (Å²) in [4.78, 5) is 4.64. The highest BCUT2D eigenvalue weighted by atomic mass is 16.5. The van der Waals surface area contributed by atoms with Gasteiger partial charge in [-0.15, -0.1) is 0 Å². The quantitative estimate of drug-likeness (QED) is 0.915. The van der Waals surface area contributed by atoms with Gasteiger partial charge < -0.3 is 4.74 Å². The highest BCUT2D eigenvalue weighted by Crippen LogP contribution is 2.32. The average molecular weight is 257 g/mol. The van der Waals surface area contributed by atoms with Crippen molar-refractivity contribution in [3.05, 3.63) is 41.5 Å². The molecule has 19 heavy (non-hydrogen) atoms. The van der Waals surface area contributed by atoms with E-state index in [2.05, 4.69) is 21.2 Å². The lowest BCUT2D eigenvalue weighted by atomic mass is 10.1. The SMILES string of the molecule is COc1ccccc1Cc1nc(C2CCCC2)n[nH]1. The van der Waals surface area contributed by atoms with Gasteiger partial charge in [-0.3, -0.25) is 5.10 Å². The molecule has 0 spiro atoms. The van der Waals surface area contributed by atoms with E-state index in [0.29, 0.717) is 5.92 Å². The number of H-pyrrole nitrogens is 1. The van der Waals surface area contributed by atoms with Crippen molar-refractivity contribution in [1.29, 1.82) is 0 Å². The number of methoxy groups -OCH3 is 1. The molecule has 100 valence electrons. The Balaban J connectivity index is 1.76. The molecule has 3 rings (SSSR count). The van der Waals surface area contributed by atoms with Gasteiger partial charge >= 0.3 is 0 Å². The molecular weight excluding hydrogens is 238 g/mol. The van der Waals surface area contributed by atoms with Crippen molar-refractivity contribution < 1.29 is 4.74 Å². The van der Waals surface area contributed by atoms with E-state index in [4.69, 9.17) is 4.74 Å². The van der Waals surface area contributed by atoms with E-state index in [1.165, 1.54) is 25.7 Å². The number of nitrogens with one attached hydrogen (secondary N) is 1. The Morgan fingerprint density at radius 1 is 1.26 bits per heavy atom. The maximum Gasteiger partial charge on any atom is 0.153 e. The molecule has 1 aromatic heterocycles. The summed E-state index contributed by atoms with van der Waals surface area (Å²) < 4.78 is 5.36. The third-order valence-corrected chi connectivity index (χ3v) is 3.82. The van der Waals surface area contributed by atoms with Crippen molar-refractivity contribution in [2.45, 2.75) is 38.0 Å². The fourth-order valence-electron chi connectivity index (χ4n) is 2.79. The second-order valence-corrected chi connectivity index (χ2v) is 5.11. The van der Waals surface area contributed by atoms with E-state index in [0.717, 1.165) is 29.4 Å². The van der Waals surface area contributed by atoms with Crippen molar-refractivity contribution in [3.8, 4) is 5.75 Å². The molecule has 0 radical (unpaired) electrons. The van der Waals surface area contributed by atoms with Crippen molar-refractivity contribution in [2.75, 3.05) is 7.11 Å². The maximum atomic E-state index is 5.36. The molecule has 2 aromatic rings. The summed E-state index contributed by atoms with van der Waals surface area (Å²) in [7, 11) is 1.70. The van der Waals surface area contributed by atoms with Crippen molar-refractivity contribution in [2.24, 2.45) is 0 Å². The fourth-order valence-corrected chi connectivity index (χ4v) is 2.79. The first kappa shape index (κ1) is 12.2. The van der Waals surface area contributed by atoms with Gasteiger partial charge in [-0.05, 0) is 18.9 Å². The Bertz CT molecular complexity index is 544. The number of benzene rings is 1. The molecule has 0 saturated heterocycles. The van der Waals surface area contributed by atoms with Crippen molar-refractivity contribution in [1.82, 2.24) is 15.2 Å². The number of aromatic amines is 1. The van der Waals surface area contributed by atoms with Crippen molar-refractivity contribution >= 4 is 0 Å². The van der Waals surface area contributed by atoms with Gasteiger partial charge in [0.2, 0.25) is 0 Å². The van der Waals surface area contributed by atoms with Crippen LogP contribution < -0.4 is 4.74 Å². The second-order valence-electron chi connectivity index (χ2n) is 5.11. The normalized spacial score (nSPS) is 15.8. The zero-order chi connectivity index (χ0) is 13.1. The minimum atomic E-state index is 0.558. The predicted octanol–water partition coefficient (Wildman–Crippen LogP) is 3.06. The largest absolute Gasteiger partial charge is 0.496 e. The molecule has 0 aliphatic heterocycles. The lowest BCUT2D eigenvalue weighted by Crippen LogP contribution is -1.97. The third kappa shape index (κ3) is 2.62. The van der Waals surface area contributed by atoms with Crippen LogP contribution in [0.1, 0.15) is 48.8 Å². The number of ether oxygens (including phenoxy) is 1. The van der Waals surface area contributed by atoms with Gasteiger partial charge in [-0.2, -0.15) is 5.10 Å². The first-order valence-corrected chi connectivity index (χ1v) is 6.90. The molecular formula is C15H19N3O. The van der Waals surface area contributed by atoms with E-state index < -0.39 is 0 Å². The zero-order valence-corrected chi connectivity index (χ0v) is 11.2. The lowest BCUT2D eigenvalue weighted by Gasteiger charge is -2.05. The molecule has 1 saturated carbocycles. The summed E-state index contributed by atoms with van der Waals surface area (Å²) in [6.45, 7) is 0. The maximum absolute atomic E-state index is 5.36. The molecule has 1 aromatic carbocycles. The Morgan fingerprint density at radius 3 is 2.84 bits per heavy atom. The van der Waals surface area contributed by atoms with E-state index >= 15 is 0 Å². The summed E-state index contributed by atoms with van der Waals surface area (Å²) in [5.74, 6) is 3.37. The molecule has 0 amide bonds. The summed E-state index contributed by atoms with van der Waals surface area (Å²) in [5.41, 5.74) is 1.14. The van der Waals surface area contributed by atoms with Crippen LogP contribution in [0.25, 0.3) is 0 Å². The number of hydrogen-bond acceptors (Lipinski definition) is 3. The molecule has 4 heteroatoms. The molecule has 0 unspecified atom stereocenters. The zero-order valence-electron chi connectivity index (χ0n) is 11.2. The second kappa shape index (κ2) is 5.43. The van der Waals surface area contributed by atoms with Crippen LogP contribution in [0, 0.1) is 0 Å². The lowest BCUT2D eigenvalue weighted by molar-refractivity contribution is 0.410. The summed E-state index contributed by atoms with van der Waals surface area (Å²) in [5, 5.41) is 7.44. The molecule has 1 aliphatic rings. The van der Waals surface area contributed by atoms with E-state index in [1.807, 2.05) is 18.2 Å². The van der Waals surface area contributed by atoms with Crippen LogP contribution in [-0.2, 0) is 6.42 Å². The highest BCUT2D eigenvalue weighted by Gasteiger charge is 2.21. The van der Waals surface area contributed by atoms with Gasteiger partial charge in [0.25, 0.3) is 0 Å². The van der Waals surface area contributed by atoms with Crippen LogP contribution in [0.2, 0.25) is 0 Å². The first-order chi connectivity index (χ1) is 9.36. The average Bonchev–Trinajstić information content (AvgIpc) is 3.09. The topological polar surface area (TPSA) is 50.8 Å². The minimum absolute atomic E-state index is 0.558. The van der Waals surface area contributed by atoms with Crippen LogP contribution >= 0.6 is 0 Å². The number of para-hydroxylation sites is 1. The van der Waals surface area contributed by atoms with Crippen LogP contribution in [0.3, 0.4) is 0 Å². The van der Waals surface area contributed by atoms with Gasteiger partial charge in [-0.25, -0.2) is 4.98 Å². The monoisotopic (exact) mass is 257 g/mol. The molecule has 1 heterocycles. The molecule has 0 atom stereocenters. The Hall–Kier alpha value is -1.84. The number of nitrogens with zero attached hydrogens (tertiary/aromatic N) is 2. The smallest absolute Gasteiger partial charge is 0.153 e. The number of hydrogen-bond donors (Lipinski definition) is 1. The van der Waals surface area contributed by atoms with E-state index in [1.54, 1.807) is 7.11 Å². The Labute approximate surface area is 113 Å². The van der Waals surface area contributed by atoms with Gasteiger partial charge in [0.15, 0.2) is 5.82 Å². The highest BCUT2D eigenvalue weighted by molar-refractivity contribution is 5.35. The molecule has 1 N–H and O–H groups in total. The van der Waals surface area contributed by atoms with Gasteiger partial charge in [0, 0.05) is 17.9 Å². The van der Waals surface area contributed by atoms with Crippen LogP contribution in [0.15, 0.2) is 24.3 Å². The third-order valence-electron chi connectivity index (χ3n) is 3.82. The van der Waals surface area contributed by atoms with Gasteiger partial charge in [0.05, 0.1) is 7.11 Å². The summed E-state index contributed by atoms with van der Waals surface area (Å²) in [6, 6.07) is 8.04. The molecule has 4 nitrogen and oxygen atoms in total. The molecule has 1 aliphatic carbocycles. The molecule has 1 fully saturated rings. The first-order valence-electron chi connectivity index (χ1n) is 6.90. The molecule has 0 bridgehead atoms. The number of aromatic nitrogens is 3. The summed E-state index contributed by atoms with van der Waals surface area (Å²) >= 11 is 0. The van der Waals surface area contributed by atoms with Crippen LogP contribution in [0.5, 0.6) is 5.75 Å². The van der Waals surface area contributed by atoms with Crippen LogP contribution in [-0.4, -0.2) is 22.3 Å². The number of rotatable bonds is 4. The fraction of sp³-hybridized carbons (Fsp3) is 0.467. The van der Waals surface area contributed by atoms with Crippen LogP contribution in [0.4, 0.5) is 0 Å². The summed E-state index contributed by atoms with van der Waals surface area (Å²) in [6.07, 6.45) is 5.81. The Kier molecular flexibility index (Phi) is 3.49. The minimum Gasteiger partial charge on any atom is -0.496 e. The van der Waals surface area contributed by atoms with Gasteiger partial charge in [-0.1, -0.05) is 31.0 Å². The standard InChI is InChI=1S/C15H19N3O/c1-19-13-9-5-4-8-12(13)10-14-16-15(18-17-14)11-6-2-3-7-11/h4-5,8-9,11H,2-3,6-7,10H2,1H3,(H,16,17,18). The van der Waals surface area contributed by atoms with Crippen molar-refractivity contribution in [3.63, 3.8) is 0 Å². The van der Waals surface area contributed by atoms with E-state index in [-0.39, 0.29) is 0 Å². The van der Waals surface area contributed by atoms with Gasteiger partial charge in [0.1, 0.15) is 11.6 Å². The van der Waals surface area contributed by atoms with E-state index in [9.17, 15) is 0 Å².